The first-order valence-corrected chi connectivity index (χ1v) is 3.83. The second-order valence-corrected chi connectivity index (χ2v) is 3.50. The maximum Gasteiger partial charge on any atom is 0.297 e. The van der Waals surface area contributed by atoms with Crippen LogP contribution in [0.25, 0.3) is 0 Å². The Bertz CT molecular complexity index is 275. The Morgan fingerprint density at radius 1 is 1.62 bits per heavy atom. The average Bonchev–Trinajstić information content (AvgIpc) is 2.50. The van der Waals surface area contributed by atoms with Gasteiger partial charge >= 0.3 is 0 Å². The molecule has 0 aliphatic heterocycles. The van der Waals surface area contributed by atoms with Crippen molar-refractivity contribution in [3.05, 3.63) is 11.9 Å². The fraction of sp³-hybridized carbons (Fsp3) is 0.571. The number of nitrogens with one attached hydrogen (secondary N) is 2. The summed E-state index contributed by atoms with van der Waals surface area (Å²) >= 11 is 0. The molecular formula is C7H12N4O2. The molecule has 1 rings (SSSR count). The molecule has 1 heterocycles. The molecule has 1 amide bonds. The van der Waals surface area contributed by atoms with Crippen molar-refractivity contribution in [2.75, 3.05) is 0 Å². The molecule has 72 valence electrons. The van der Waals surface area contributed by atoms with E-state index in [1.54, 1.807) is 0 Å². The molecular weight excluding hydrogens is 172 g/mol. The molecule has 0 atom stereocenters. The summed E-state index contributed by atoms with van der Waals surface area (Å²) in [6.45, 7) is 5.49. The summed E-state index contributed by atoms with van der Waals surface area (Å²) in [6.07, 6.45) is 1.32. The molecule has 0 bridgehead atoms. The van der Waals surface area contributed by atoms with E-state index in [1.807, 2.05) is 20.8 Å². The molecule has 0 fully saturated rings. The van der Waals surface area contributed by atoms with Crippen LogP contribution in [-0.4, -0.2) is 26.9 Å². The Kier molecular flexibility index (Phi) is 2.62. The predicted molar refractivity (Wildman–Crippen MR) is 44.7 cm³/mol. The minimum atomic E-state index is -0.417. The first kappa shape index (κ1) is 9.66. The van der Waals surface area contributed by atoms with Gasteiger partial charge in [0.2, 0.25) is 0 Å². The van der Waals surface area contributed by atoms with E-state index < -0.39 is 11.5 Å². The molecule has 0 spiro atoms. The van der Waals surface area contributed by atoms with Crippen LogP contribution >= 0.6 is 0 Å². The number of carbonyl (C=O) groups excluding carboxylic acids is 1. The third-order valence-corrected chi connectivity index (χ3v) is 1.10. The van der Waals surface area contributed by atoms with E-state index in [9.17, 15) is 4.79 Å². The molecule has 0 aliphatic carbocycles. The third-order valence-electron chi connectivity index (χ3n) is 1.10. The van der Waals surface area contributed by atoms with Crippen LogP contribution in [0.4, 0.5) is 0 Å². The Hall–Kier alpha value is -1.43. The van der Waals surface area contributed by atoms with E-state index >= 15 is 0 Å². The number of aromatic amines is 1. The monoisotopic (exact) mass is 184 g/mol. The topological polar surface area (TPSA) is 79.9 Å². The van der Waals surface area contributed by atoms with Gasteiger partial charge in [0, 0.05) is 0 Å². The Balaban J connectivity index is 2.44. The number of H-pyrrole nitrogens is 1. The maximum atomic E-state index is 11.2. The first-order chi connectivity index (χ1) is 5.99. The molecule has 6 heteroatoms. The largest absolute Gasteiger partial charge is 0.297 e. The van der Waals surface area contributed by atoms with Crippen molar-refractivity contribution in [3.8, 4) is 0 Å². The van der Waals surface area contributed by atoms with Crippen LogP contribution in [-0.2, 0) is 4.84 Å². The van der Waals surface area contributed by atoms with E-state index in [0.29, 0.717) is 0 Å². The molecule has 2 N–H and O–H groups in total. The fourth-order valence-corrected chi connectivity index (χ4v) is 0.563. The summed E-state index contributed by atoms with van der Waals surface area (Å²) < 4.78 is 0. The van der Waals surface area contributed by atoms with Gasteiger partial charge in [-0.3, -0.25) is 9.63 Å². The highest BCUT2D eigenvalue weighted by atomic mass is 16.7. The lowest BCUT2D eigenvalue weighted by Crippen LogP contribution is -2.33. The zero-order valence-electron chi connectivity index (χ0n) is 7.79. The molecule has 0 aliphatic rings. The van der Waals surface area contributed by atoms with Gasteiger partial charge in [0.05, 0.1) is 11.8 Å². The van der Waals surface area contributed by atoms with Crippen molar-refractivity contribution in [2.45, 2.75) is 26.4 Å². The van der Waals surface area contributed by atoms with Gasteiger partial charge in [-0.2, -0.15) is 15.4 Å². The fourth-order valence-electron chi connectivity index (χ4n) is 0.563. The lowest BCUT2D eigenvalue weighted by atomic mass is 10.2. The average molecular weight is 184 g/mol. The van der Waals surface area contributed by atoms with Gasteiger partial charge in [-0.15, -0.1) is 0 Å². The SMILES string of the molecule is CC(C)(C)ONC(=O)c1cn[nH]n1. The lowest BCUT2D eigenvalue weighted by molar-refractivity contribution is -0.0591. The second kappa shape index (κ2) is 3.53. The zero-order chi connectivity index (χ0) is 9.90. The zero-order valence-corrected chi connectivity index (χ0v) is 7.79. The van der Waals surface area contributed by atoms with Gasteiger partial charge in [0.15, 0.2) is 5.69 Å². The normalized spacial score (nSPS) is 11.3. The molecule has 0 unspecified atom stereocenters. The Labute approximate surface area is 75.6 Å². The first-order valence-electron chi connectivity index (χ1n) is 3.83. The highest BCUT2D eigenvalue weighted by Gasteiger charge is 2.14. The molecule has 0 radical (unpaired) electrons. The second-order valence-electron chi connectivity index (χ2n) is 3.50. The highest BCUT2D eigenvalue weighted by molar-refractivity contribution is 5.90. The van der Waals surface area contributed by atoms with E-state index in [1.165, 1.54) is 6.20 Å². The number of nitrogens with zero attached hydrogens (tertiary/aromatic N) is 2. The van der Waals surface area contributed by atoms with Crippen molar-refractivity contribution in [1.29, 1.82) is 0 Å². The number of aromatic nitrogens is 3. The van der Waals surface area contributed by atoms with Gasteiger partial charge in [-0.1, -0.05) is 0 Å². The summed E-state index contributed by atoms with van der Waals surface area (Å²) in [4.78, 5) is 16.2. The number of carbonyl (C=O) groups is 1. The van der Waals surface area contributed by atoms with Gasteiger partial charge in [-0.25, -0.2) is 5.48 Å². The molecule has 0 aromatic carbocycles. The summed E-state index contributed by atoms with van der Waals surface area (Å²) in [6, 6.07) is 0. The van der Waals surface area contributed by atoms with Crippen LogP contribution in [0.15, 0.2) is 6.20 Å². The molecule has 1 aromatic rings. The lowest BCUT2D eigenvalue weighted by Gasteiger charge is -2.18. The van der Waals surface area contributed by atoms with Crippen molar-refractivity contribution in [3.63, 3.8) is 0 Å². The van der Waals surface area contributed by atoms with E-state index in [4.69, 9.17) is 4.84 Å². The van der Waals surface area contributed by atoms with Crippen LogP contribution in [0.2, 0.25) is 0 Å². The van der Waals surface area contributed by atoms with Crippen molar-refractivity contribution in [2.24, 2.45) is 0 Å². The van der Waals surface area contributed by atoms with E-state index in [2.05, 4.69) is 20.9 Å². The smallest absolute Gasteiger partial charge is 0.268 e. The van der Waals surface area contributed by atoms with Crippen molar-refractivity contribution >= 4 is 5.91 Å². The van der Waals surface area contributed by atoms with Gasteiger partial charge in [-0.05, 0) is 20.8 Å². The Morgan fingerprint density at radius 3 is 2.77 bits per heavy atom. The van der Waals surface area contributed by atoms with Gasteiger partial charge in [0.1, 0.15) is 0 Å². The summed E-state index contributed by atoms with van der Waals surface area (Å²) in [5, 5.41) is 9.42. The van der Waals surface area contributed by atoms with Crippen LogP contribution in [0.1, 0.15) is 31.3 Å². The minimum Gasteiger partial charge on any atom is -0.268 e. The third kappa shape index (κ3) is 3.20. The number of hydroxylamine groups is 1. The molecule has 13 heavy (non-hydrogen) atoms. The van der Waals surface area contributed by atoms with Crippen LogP contribution in [0.5, 0.6) is 0 Å². The van der Waals surface area contributed by atoms with Crippen LogP contribution in [0, 0.1) is 0 Å². The summed E-state index contributed by atoms with van der Waals surface area (Å²) in [5.74, 6) is -0.413. The van der Waals surface area contributed by atoms with Crippen molar-refractivity contribution in [1.82, 2.24) is 20.9 Å². The van der Waals surface area contributed by atoms with E-state index in [0.717, 1.165) is 0 Å². The number of hydrogen-bond acceptors (Lipinski definition) is 4. The summed E-state index contributed by atoms with van der Waals surface area (Å²) in [7, 11) is 0. The quantitative estimate of drug-likeness (QED) is 0.646. The number of hydrogen-bond donors (Lipinski definition) is 2. The molecule has 1 aromatic heterocycles. The predicted octanol–water partition coefficient (Wildman–Crippen LogP) is 0.265. The standard InChI is InChI=1S/C7H12N4O2/c1-7(2,3)13-10-6(12)5-4-8-11-9-5/h4H,1-3H3,(H,10,12)(H,8,9,11). The minimum absolute atomic E-state index is 0.198. The number of rotatable bonds is 2. The van der Waals surface area contributed by atoms with Crippen LogP contribution in [0.3, 0.4) is 0 Å². The van der Waals surface area contributed by atoms with Crippen molar-refractivity contribution < 1.29 is 9.63 Å². The molecule has 0 saturated carbocycles. The highest BCUT2D eigenvalue weighted by Crippen LogP contribution is 2.03. The van der Waals surface area contributed by atoms with Crippen LogP contribution < -0.4 is 5.48 Å². The molecule has 0 saturated heterocycles. The molecule has 6 nitrogen and oxygen atoms in total. The number of amides is 1. The Morgan fingerprint density at radius 2 is 2.31 bits per heavy atom. The summed E-state index contributed by atoms with van der Waals surface area (Å²) in [5.41, 5.74) is 2.04. The van der Waals surface area contributed by atoms with E-state index in [-0.39, 0.29) is 5.69 Å². The maximum absolute atomic E-state index is 11.2. The van der Waals surface area contributed by atoms with Gasteiger partial charge < -0.3 is 0 Å². The van der Waals surface area contributed by atoms with Gasteiger partial charge in [0.25, 0.3) is 5.91 Å².